The quantitative estimate of drug-likeness (QED) is 0.755. The molecule has 0 saturated heterocycles. The fourth-order valence-corrected chi connectivity index (χ4v) is 2.37. The number of aryl methyl sites for hydroxylation is 3. The van der Waals surface area contributed by atoms with Crippen molar-refractivity contribution < 1.29 is 4.42 Å². The minimum absolute atomic E-state index is 0.131. The van der Waals surface area contributed by atoms with Gasteiger partial charge in [0.15, 0.2) is 5.65 Å². The van der Waals surface area contributed by atoms with Crippen LogP contribution in [-0.4, -0.2) is 24.3 Å². The van der Waals surface area contributed by atoms with Crippen molar-refractivity contribution in [3.8, 4) is 0 Å². The molecular formula is C12H16N6O. The minimum Gasteiger partial charge on any atom is -0.444 e. The van der Waals surface area contributed by atoms with E-state index in [1.807, 2.05) is 32.4 Å². The Hall–Kier alpha value is -2.31. The van der Waals surface area contributed by atoms with Crippen molar-refractivity contribution in [2.75, 3.05) is 5.73 Å². The Kier molecular flexibility index (Phi) is 2.38. The maximum absolute atomic E-state index is 6.02. The summed E-state index contributed by atoms with van der Waals surface area (Å²) in [5, 5.41) is 4.36. The minimum atomic E-state index is -0.131. The Morgan fingerprint density at radius 1 is 1.37 bits per heavy atom. The number of rotatable bonds is 2. The number of fused-ring (bicyclic) bond motifs is 1. The van der Waals surface area contributed by atoms with Crippen LogP contribution >= 0.6 is 0 Å². The van der Waals surface area contributed by atoms with Crippen LogP contribution in [0.1, 0.15) is 30.3 Å². The molecule has 1 atom stereocenters. The molecule has 3 aromatic heterocycles. The smallest absolute Gasteiger partial charge is 0.217 e. The molecule has 7 heteroatoms. The molecule has 3 heterocycles. The molecule has 0 bridgehead atoms. The molecule has 100 valence electrons. The van der Waals surface area contributed by atoms with Crippen LogP contribution < -0.4 is 5.73 Å². The summed E-state index contributed by atoms with van der Waals surface area (Å²) in [6.45, 7) is 5.76. The molecule has 0 amide bonds. The highest BCUT2D eigenvalue weighted by Gasteiger charge is 2.23. The van der Waals surface area contributed by atoms with Crippen LogP contribution in [0.25, 0.3) is 11.2 Å². The molecule has 19 heavy (non-hydrogen) atoms. The number of anilines is 1. The zero-order valence-corrected chi connectivity index (χ0v) is 11.4. The Morgan fingerprint density at radius 2 is 2.11 bits per heavy atom. The summed E-state index contributed by atoms with van der Waals surface area (Å²) in [6, 6.07) is -0.131. The monoisotopic (exact) mass is 260 g/mol. The molecule has 7 nitrogen and oxygen atoms in total. The van der Waals surface area contributed by atoms with Crippen molar-refractivity contribution in [1.82, 2.24) is 24.3 Å². The molecule has 0 aromatic carbocycles. The van der Waals surface area contributed by atoms with E-state index in [0.29, 0.717) is 11.8 Å². The molecule has 0 saturated carbocycles. The number of nitrogen functional groups attached to an aromatic ring is 1. The zero-order chi connectivity index (χ0) is 13.7. The molecule has 2 N–H and O–H groups in total. The van der Waals surface area contributed by atoms with Crippen molar-refractivity contribution >= 4 is 17.1 Å². The Balaban J connectivity index is 2.21. The third-order valence-electron chi connectivity index (χ3n) is 3.25. The van der Waals surface area contributed by atoms with Crippen molar-refractivity contribution in [3.63, 3.8) is 0 Å². The number of hydrogen-bond acceptors (Lipinski definition) is 5. The number of hydrogen-bond donors (Lipinski definition) is 1. The maximum atomic E-state index is 6.02. The third-order valence-corrected chi connectivity index (χ3v) is 3.25. The predicted molar refractivity (Wildman–Crippen MR) is 70.7 cm³/mol. The Bertz CT molecular complexity index is 750. The first kappa shape index (κ1) is 11.8. The Morgan fingerprint density at radius 3 is 2.74 bits per heavy atom. The van der Waals surface area contributed by atoms with Gasteiger partial charge < -0.3 is 10.2 Å². The molecule has 0 fully saturated rings. The average Bonchev–Trinajstić information content (AvgIpc) is 2.97. The molecule has 0 aliphatic carbocycles. The number of aromatic nitrogens is 5. The van der Waals surface area contributed by atoms with Crippen LogP contribution in [0.2, 0.25) is 0 Å². The van der Waals surface area contributed by atoms with Crippen LogP contribution in [0.15, 0.2) is 10.6 Å². The van der Waals surface area contributed by atoms with Gasteiger partial charge in [-0.1, -0.05) is 0 Å². The standard InChI is InChI=1S/C12H16N6O/c1-6-5-14-10(19-6)8(3)18-11-9(15-12(18)13)7(2)16-17(11)4/h5,8H,1-4H3,(H2,13,15). The van der Waals surface area contributed by atoms with Crippen molar-refractivity contribution in [2.45, 2.75) is 26.8 Å². The first-order valence-electron chi connectivity index (χ1n) is 6.08. The van der Waals surface area contributed by atoms with Gasteiger partial charge in [-0.2, -0.15) is 5.10 Å². The van der Waals surface area contributed by atoms with Gasteiger partial charge in [0, 0.05) is 7.05 Å². The van der Waals surface area contributed by atoms with Crippen LogP contribution in [0.5, 0.6) is 0 Å². The summed E-state index contributed by atoms with van der Waals surface area (Å²) in [6.07, 6.45) is 1.70. The second-order valence-corrected chi connectivity index (χ2v) is 4.71. The van der Waals surface area contributed by atoms with E-state index in [9.17, 15) is 0 Å². The van der Waals surface area contributed by atoms with E-state index in [-0.39, 0.29) is 6.04 Å². The fraction of sp³-hybridized carbons (Fsp3) is 0.417. The van der Waals surface area contributed by atoms with Gasteiger partial charge in [0.05, 0.1) is 11.9 Å². The summed E-state index contributed by atoms with van der Waals surface area (Å²) in [5.74, 6) is 1.83. The summed E-state index contributed by atoms with van der Waals surface area (Å²) >= 11 is 0. The average molecular weight is 260 g/mol. The highest BCUT2D eigenvalue weighted by atomic mass is 16.4. The van der Waals surface area contributed by atoms with E-state index in [4.69, 9.17) is 10.2 Å². The largest absolute Gasteiger partial charge is 0.444 e. The van der Waals surface area contributed by atoms with Gasteiger partial charge >= 0.3 is 0 Å². The van der Waals surface area contributed by atoms with Gasteiger partial charge in [0.25, 0.3) is 0 Å². The van der Waals surface area contributed by atoms with E-state index >= 15 is 0 Å². The van der Waals surface area contributed by atoms with E-state index in [0.717, 1.165) is 22.6 Å². The zero-order valence-electron chi connectivity index (χ0n) is 11.4. The molecule has 0 spiro atoms. The van der Waals surface area contributed by atoms with Crippen LogP contribution in [0.4, 0.5) is 5.95 Å². The summed E-state index contributed by atoms with van der Waals surface area (Å²) in [7, 11) is 1.88. The molecule has 1 unspecified atom stereocenters. The Labute approximate surface area is 110 Å². The van der Waals surface area contributed by atoms with Crippen LogP contribution in [0.3, 0.4) is 0 Å². The molecule has 0 radical (unpaired) electrons. The van der Waals surface area contributed by atoms with Crippen LogP contribution in [-0.2, 0) is 7.05 Å². The van der Waals surface area contributed by atoms with Crippen molar-refractivity contribution in [3.05, 3.63) is 23.5 Å². The van der Waals surface area contributed by atoms with Crippen molar-refractivity contribution in [2.24, 2.45) is 7.05 Å². The lowest BCUT2D eigenvalue weighted by Crippen LogP contribution is -2.12. The normalized spacial score (nSPS) is 13.3. The second-order valence-electron chi connectivity index (χ2n) is 4.71. The van der Waals surface area contributed by atoms with Gasteiger partial charge in [-0.15, -0.1) is 0 Å². The number of nitrogens with zero attached hydrogens (tertiary/aromatic N) is 5. The first-order chi connectivity index (χ1) is 8.99. The van der Waals surface area contributed by atoms with E-state index in [1.165, 1.54) is 0 Å². The third kappa shape index (κ3) is 1.61. The van der Waals surface area contributed by atoms with Gasteiger partial charge in [0.1, 0.15) is 17.3 Å². The number of nitrogens with two attached hydrogens (primary N) is 1. The highest BCUT2D eigenvalue weighted by Crippen LogP contribution is 2.28. The van der Waals surface area contributed by atoms with Crippen LogP contribution in [0, 0.1) is 13.8 Å². The van der Waals surface area contributed by atoms with E-state index < -0.39 is 0 Å². The van der Waals surface area contributed by atoms with Gasteiger partial charge in [0.2, 0.25) is 11.8 Å². The SMILES string of the molecule is Cc1cnc(C(C)n2c(N)nc3c(C)nn(C)c32)o1. The molecule has 3 aromatic rings. The lowest BCUT2D eigenvalue weighted by molar-refractivity contribution is 0.419. The summed E-state index contributed by atoms with van der Waals surface area (Å²) in [4.78, 5) is 8.63. The molecule has 0 aliphatic heterocycles. The topological polar surface area (TPSA) is 87.7 Å². The number of oxazole rings is 1. The predicted octanol–water partition coefficient (Wildman–Crippen LogP) is 1.57. The van der Waals surface area contributed by atoms with E-state index in [1.54, 1.807) is 10.9 Å². The fourth-order valence-electron chi connectivity index (χ4n) is 2.37. The first-order valence-corrected chi connectivity index (χ1v) is 6.08. The molecular weight excluding hydrogens is 244 g/mol. The van der Waals surface area contributed by atoms with Gasteiger partial charge in [-0.25, -0.2) is 9.97 Å². The number of imidazole rings is 1. The lowest BCUT2D eigenvalue weighted by Gasteiger charge is -2.12. The van der Waals surface area contributed by atoms with Crippen molar-refractivity contribution in [1.29, 1.82) is 0 Å². The molecule has 0 aliphatic rings. The van der Waals surface area contributed by atoms with E-state index in [2.05, 4.69) is 15.1 Å². The van der Waals surface area contributed by atoms with Gasteiger partial charge in [-0.05, 0) is 20.8 Å². The second kappa shape index (κ2) is 3.84. The summed E-state index contributed by atoms with van der Waals surface area (Å²) in [5.41, 5.74) is 8.57. The highest BCUT2D eigenvalue weighted by molar-refractivity contribution is 5.77. The lowest BCUT2D eigenvalue weighted by atomic mass is 10.3. The molecule has 3 rings (SSSR count). The summed E-state index contributed by atoms with van der Waals surface area (Å²) < 4.78 is 9.24. The maximum Gasteiger partial charge on any atom is 0.217 e. The van der Waals surface area contributed by atoms with Gasteiger partial charge in [-0.3, -0.25) is 9.25 Å².